The van der Waals surface area contributed by atoms with E-state index in [1.165, 1.54) is 34.4 Å². The van der Waals surface area contributed by atoms with Gasteiger partial charge in [-0.1, -0.05) is 6.07 Å². The summed E-state index contributed by atoms with van der Waals surface area (Å²) in [5.74, 6) is -0.418. The molecule has 3 aromatic rings. The average Bonchev–Trinajstić information content (AvgIpc) is 2.85. The fourth-order valence-corrected chi connectivity index (χ4v) is 2.70. The molecule has 1 aromatic carbocycles. The highest BCUT2D eigenvalue weighted by Gasteiger charge is 2.10. The first-order valence-electron chi connectivity index (χ1n) is 5.62. The Morgan fingerprint density at radius 2 is 2.21 bits per heavy atom. The van der Waals surface area contributed by atoms with E-state index < -0.39 is 5.82 Å². The van der Waals surface area contributed by atoms with Crippen LogP contribution >= 0.6 is 11.3 Å². The zero-order valence-electron chi connectivity index (χ0n) is 9.84. The molecule has 2 N–H and O–H groups in total. The lowest BCUT2D eigenvalue weighted by atomic mass is 10.1. The molecule has 6 heteroatoms. The Balaban J connectivity index is 2.11. The third-order valence-electron chi connectivity index (χ3n) is 2.92. The van der Waals surface area contributed by atoms with Crippen molar-refractivity contribution in [3.63, 3.8) is 0 Å². The van der Waals surface area contributed by atoms with E-state index in [0.29, 0.717) is 21.5 Å². The molecule has 0 saturated heterocycles. The molecule has 0 aliphatic heterocycles. The number of hydrogen-bond donors (Lipinski definition) is 1. The van der Waals surface area contributed by atoms with Gasteiger partial charge in [-0.2, -0.15) is 0 Å². The SMILES string of the molecule is Nc1cccc(F)c1Cn1cnc2ccsc2c1=O. The lowest BCUT2D eigenvalue weighted by Gasteiger charge is -2.09. The zero-order chi connectivity index (χ0) is 13.4. The van der Waals surface area contributed by atoms with Crippen molar-refractivity contribution in [2.24, 2.45) is 0 Å². The number of thiophene rings is 1. The summed E-state index contributed by atoms with van der Waals surface area (Å²) in [6.45, 7) is 0.0815. The Morgan fingerprint density at radius 3 is 3.00 bits per heavy atom. The van der Waals surface area contributed by atoms with Crippen molar-refractivity contribution in [1.82, 2.24) is 9.55 Å². The van der Waals surface area contributed by atoms with Crippen LogP contribution < -0.4 is 11.3 Å². The molecular weight excluding hydrogens is 265 g/mol. The number of nitrogens with zero attached hydrogens (tertiary/aromatic N) is 2. The third kappa shape index (κ3) is 2.00. The normalized spacial score (nSPS) is 11.0. The molecule has 3 rings (SSSR count). The minimum Gasteiger partial charge on any atom is -0.398 e. The van der Waals surface area contributed by atoms with Gasteiger partial charge in [-0.3, -0.25) is 9.36 Å². The monoisotopic (exact) mass is 275 g/mol. The second-order valence-corrected chi connectivity index (χ2v) is 5.04. The Morgan fingerprint density at radius 1 is 1.37 bits per heavy atom. The van der Waals surface area contributed by atoms with Crippen LogP contribution in [0.1, 0.15) is 5.56 Å². The summed E-state index contributed by atoms with van der Waals surface area (Å²) in [5.41, 5.74) is 6.86. The van der Waals surface area contributed by atoms with Crippen molar-refractivity contribution < 1.29 is 4.39 Å². The zero-order valence-corrected chi connectivity index (χ0v) is 10.7. The maximum atomic E-state index is 13.7. The largest absolute Gasteiger partial charge is 0.398 e. The standard InChI is InChI=1S/C13H10FN3OS/c14-9-2-1-3-10(15)8(9)6-17-7-16-11-4-5-19-12(11)13(17)18/h1-5,7H,6,15H2. The molecule has 0 unspecified atom stereocenters. The quantitative estimate of drug-likeness (QED) is 0.729. The van der Waals surface area contributed by atoms with Gasteiger partial charge in [-0.05, 0) is 23.6 Å². The number of fused-ring (bicyclic) bond motifs is 1. The number of rotatable bonds is 2. The van der Waals surface area contributed by atoms with Crippen molar-refractivity contribution in [3.05, 3.63) is 57.7 Å². The first-order chi connectivity index (χ1) is 9.16. The number of nitrogen functional groups attached to an aromatic ring is 1. The van der Waals surface area contributed by atoms with Crippen molar-refractivity contribution in [2.75, 3.05) is 5.73 Å². The predicted octanol–water partition coefficient (Wildman–Crippen LogP) is 2.23. The van der Waals surface area contributed by atoms with E-state index in [2.05, 4.69) is 4.98 Å². The lowest BCUT2D eigenvalue weighted by molar-refractivity contribution is 0.597. The summed E-state index contributed by atoms with van der Waals surface area (Å²) in [4.78, 5) is 16.4. The molecule has 0 aliphatic carbocycles. The molecule has 0 radical (unpaired) electrons. The molecule has 0 spiro atoms. The fourth-order valence-electron chi connectivity index (χ4n) is 1.90. The molecule has 0 bridgehead atoms. The summed E-state index contributed by atoms with van der Waals surface area (Å²) in [6.07, 6.45) is 1.42. The molecule has 96 valence electrons. The van der Waals surface area contributed by atoms with Crippen LogP contribution in [0, 0.1) is 5.82 Å². The number of benzene rings is 1. The molecule has 2 aromatic heterocycles. The van der Waals surface area contributed by atoms with Gasteiger partial charge < -0.3 is 5.73 Å². The second-order valence-electron chi connectivity index (χ2n) is 4.12. The Hall–Kier alpha value is -2.21. The van der Waals surface area contributed by atoms with Crippen LogP contribution in [0.15, 0.2) is 40.8 Å². The number of anilines is 1. The van der Waals surface area contributed by atoms with Gasteiger partial charge in [0.2, 0.25) is 0 Å². The summed E-state index contributed by atoms with van der Waals surface area (Å²) >= 11 is 1.33. The Kier molecular flexibility index (Phi) is 2.79. The number of aromatic nitrogens is 2. The highest BCUT2D eigenvalue weighted by Crippen LogP contribution is 2.18. The van der Waals surface area contributed by atoms with Gasteiger partial charge in [0.05, 0.1) is 18.4 Å². The van der Waals surface area contributed by atoms with Crippen LogP contribution in [-0.4, -0.2) is 9.55 Å². The van der Waals surface area contributed by atoms with E-state index in [1.807, 2.05) is 0 Å². The maximum absolute atomic E-state index is 13.7. The molecule has 0 atom stereocenters. The van der Waals surface area contributed by atoms with Crippen LogP contribution in [0.3, 0.4) is 0 Å². The van der Waals surface area contributed by atoms with Gasteiger partial charge in [0.15, 0.2) is 0 Å². The van der Waals surface area contributed by atoms with Gasteiger partial charge in [0.1, 0.15) is 10.5 Å². The molecule has 0 amide bonds. The minimum absolute atomic E-state index is 0.0815. The molecule has 0 saturated carbocycles. The lowest BCUT2D eigenvalue weighted by Crippen LogP contribution is -2.21. The molecule has 2 heterocycles. The van der Waals surface area contributed by atoms with Gasteiger partial charge in [0, 0.05) is 11.3 Å². The van der Waals surface area contributed by atoms with E-state index in [9.17, 15) is 9.18 Å². The van der Waals surface area contributed by atoms with Gasteiger partial charge >= 0.3 is 0 Å². The summed E-state index contributed by atoms with van der Waals surface area (Å²) in [5, 5.41) is 1.81. The molecule has 0 fully saturated rings. The van der Waals surface area contributed by atoms with E-state index >= 15 is 0 Å². The van der Waals surface area contributed by atoms with Crippen molar-refractivity contribution >= 4 is 27.2 Å². The van der Waals surface area contributed by atoms with Crippen LogP contribution in [-0.2, 0) is 6.54 Å². The van der Waals surface area contributed by atoms with Crippen LogP contribution in [0.5, 0.6) is 0 Å². The maximum Gasteiger partial charge on any atom is 0.271 e. The summed E-state index contributed by atoms with van der Waals surface area (Å²) in [7, 11) is 0. The van der Waals surface area contributed by atoms with Gasteiger partial charge in [-0.25, -0.2) is 9.37 Å². The number of hydrogen-bond acceptors (Lipinski definition) is 4. The second kappa shape index (κ2) is 4.47. The molecule has 19 heavy (non-hydrogen) atoms. The minimum atomic E-state index is -0.418. The van der Waals surface area contributed by atoms with E-state index in [4.69, 9.17) is 5.73 Å². The highest BCUT2D eigenvalue weighted by atomic mass is 32.1. The van der Waals surface area contributed by atoms with E-state index in [0.717, 1.165) is 0 Å². The van der Waals surface area contributed by atoms with E-state index in [1.54, 1.807) is 17.5 Å². The molecule has 4 nitrogen and oxygen atoms in total. The average molecular weight is 275 g/mol. The topological polar surface area (TPSA) is 60.9 Å². The third-order valence-corrected chi connectivity index (χ3v) is 3.81. The first kappa shape index (κ1) is 11.9. The van der Waals surface area contributed by atoms with Crippen molar-refractivity contribution in [2.45, 2.75) is 6.54 Å². The van der Waals surface area contributed by atoms with Crippen LogP contribution in [0.2, 0.25) is 0 Å². The number of nitrogens with two attached hydrogens (primary N) is 1. The highest BCUT2D eigenvalue weighted by molar-refractivity contribution is 7.17. The smallest absolute Gasteiger partial charge is 0.271 e. The van der Waals surface area contributed by atoms with Gasteiger partial charge in [0.25, 0.3) is 5.56 Å². The van der Waals surface area contributed by atoms with Gasteiger partial charge in [-0.15, -0.1) is 11.3 Å². The fraction of sp³-hybridized carbons (Fsp3) is 0.0769. The number of halogens is 1. The Labute approximate surface area is 111 Å². The van der Waals surface area contributed by atoms with Crippen molar-refractivity contribution in [1.29, 1.82) is 0 Å². The van der Waals surface area contributed by atoms with E-state index in [-0.39, 0.29) is 12.1 Å². The molecular formula is C13H10FN3OS. The first-order valence-corrected chi connectivity index (χ1v) is 6.50. The van der Waals surface area contributed by atoms with Crippen molar-refractivity contribution in [3.8, 4) is 0 Å². The summed E-state index contributed by atoms with van der Waals surface area (Å²) < 4.78 is 15.6. The Bertz CT molecular complexity index is 789. The molecule has 0 aliphatic rings. The summed E-state index contributed by atoms with van der Waals surface area (Å²) in [6, 6.07) is 6.26. The predicted molar refractivity (Wildman–Crippen MR) is 73.8 cm³/mol. The van der Waals surface area contributed by atoms with Crippen LogP contribution in [0.25, 0.3) is 10.2 Å². The van der Waals surface area contributed by atoms with Crippen LogP contribution in [0.4, 0.5) is 10.1 Å².